The zero-order valence-electron chi connectivity index (χ0n) is 17.9. The van der Waals surface area contributed by atoms with Gasteiger partial charge in [-0.25, -0.2) is 14.6 Å². The van der Waals surface area contributed by atoms with Crippen molar-refractivity contribution >= 4 is 46.6 Å². The smallest absolute Gasteiger partial charge is 0.278 e. The lowest BCUT2D eigenvalue weighted by molar-refractivity contribution is 0.102. The molecular weight excluding hydrogens is 479 g/mol. The molecule has 0 radical (unpaired) electrons. The lowest BCUT2D eigenvalue weighted by Gasteiger charge is -2.10. The van der Waals surface area contributed by atoms with Crippen molar-refractivity contribution < 1.29 is 4.79 Å². The molecule has 2 heterocycles. The van der Waals surface area contributed by atoms with Crippen molar-refractivity contribution in [2.24, 2.45) is 0 Å². The lowest BCUT2D eigenvalue weighted by Crippen LogP contribution is -2.15. The number of anilines is 1. The van der Waals surface area contributed by atoms with E-state index in [2.05, 4.69) is 39.4 Å². The summed E-state index contributed by atoms with van der Waals surface area (Å²) in [6.45, 7) is 4.24. The van der Waals surface area contributed by atoms with Gasteiger partial charge in [0.15, 0.2) is 10.9 Å². The molecule has 33 heavy (non-hydrogen) atoms. The molecule has 1 N–H and O–H groups in total. The first-order valence-electron chi connectivity index (χ1n) is 10.1. The maximum Gasteiger partial charge on any atom is 0.278 e. The topological polar surface area (TPSA) is 85.6 Å². The monoisotopic (exact) mass is 498 g/mol. The van der Waals surface area contributed by atoms with E-state index < -0.39 is 0 Å². The first-order valence-corrected chi connectivity index (χ1v) is 11.9. The van der Waals surface area contributed by atoms with Crippen molar-refractivity contribution in [2.75, 3.05) is 5.32 Å². The molecule has 0 bridgehead atoms. The number of nitrogens with zero attached hydrogens (tertiary/aromatic N) is 5. The molecule has 0 atom stereocenters. The number of hydrogen-bond acceptors (Lipinski definition) is 6. The highest BCUT2D eigenvalue weighted by Crippen LogP contribution is 2.27. The van der Waals surface area contributed by atoms with Crippen molar-refractivity contribution in [3.05, 3.63) is 87.9 Å². The standard InChI is InChI=1S/C23H20Cl2N6OS/c1-14(2)15-4-6-18(7-5-15)28-22(32)21-20(13-33-23-26-8-3-9-27-23)31(30-29-21)19-11-16(24)10-17(25)12-19/h3-12,14H,13H2,1-2H3,(H,28,32). The van der Waals surface area contributed by atoms with E-state index in [1.54, 1.807) is 41.3 Å². The van der Waals surface area contributed by atoms with E-state index in [1.165, 1.54) is 17.3 Å². The molecule has 0 aliphatic heterocycles. The molecule has 0 fully saturated rings. The number of nitrogens with one attached hydrogen (secondary N) is 1. The average Bonchev–Trinajstić information content (AvgIpc) is 3.22. The Bertz CT molecular complexity index is 1240. The van der Waals surface area contributed by atoms with Crippen LogP contribution in [0.1, 0.15) is 41.5 Å². The Morgan fingerprint density at radius 3 is 2.36 bits per heavy atom. The second-order valence-electron chi connectivity index (χ2n) is 7.48. The van der Waals surface area contributed by atoms with Crippen molar-refractivity contribution in [1.29, 1.82) is 0 Å². The minimum absolute atomic E-state index is 0.197. The zero-order chi connectivity index (χ0) is 23.4. The molecule has 0 saturated heterocycles. The second-order valence-corrected chi connectivity index (χ2v) is 9.29. The molecule has 1 amide bonds. The Morgan fingerprint density at radius 2 is 1.73 bits per heavy atom. The van der Waals surface area contributed by atoms with Crippen LogP contribution in [-0.2, 0) is 5.75 Å². The number of carbonyl (C=O) groups excluding carboxylic acids is 1. The molecule has 2 aromatic carbocycles. The Kier molecular flexibility index (Phi) is 7.27. The quantitative estimate of drug-likeness (QED) is 0.247. The normalized spacial score (nSPS) is 11.1. The summed E-state index contributed by atoms with van der Waals surface area (Å²) in [5.41, 5.74) is 3.24. The van der Waals surface area contributed by atoms with Crippen LogP contribution in [0.15, 0.2) is 66.1 Å². The van der Waals surface area contributed by atoms with Crippen LogP contribution in [-0.4, -0.2) is 30.9 Å². The molecule has 2 aromatic heterocycles. The number of thioether (sulfide) groups is 1. The second kappa shape index (κ2) is 10.3. The Balaban J connectivity index is 1.66. The highest BCUT2D eigenvalue weighted by molar-refractivity contribution is 7.98. The Morgan fingerprint density at radius 1 is 1.06 bits per heavy atom. The van der Waals surface area contributed by atoms with Gasteiger partial charge in [-0.2, -0.15) is 0 Å². The van der Waals surface area contributed by atoms with E-state index in [4.69, 9.17) is 23.2 Å². The minimum Gasteiger partial charge on any atom is -0.321 e. The average molecular weight is 499 g/mol. The number of aromatic nitrogens is 5. The largest absolute Gasteiger partial charge is 0.321 e. The fourth-order valence-electron chi connectivity index (χ4n) is 3.11. The van der Waals surface area contributed by atoms with Gasteiger partial charge in [0.2, 0.25) is 0 Å². The van der Waals surface area contributed by atoms with Crippen LogP contribution in [0, 0.1) is 0 Å². The van der Waals surface area contributed by atoms with Crippen LogP contribution < -0.4 is 5.32 Å². The van der Waals surface area contributed by atoms with Gasteiger partial charge in [0, 0.05) is 33.9 Å². The van der Waals surface area contributed by atoms with Crippen LogP contribution >= 0.6 is 35.0 Å². The van der Waals surface area contributed by atoms with Crippen LogP contribution in [0.25, 0.3) is 5.69 Å². The first kappa shape index (κ1) is 23.2. The van der Waals surface area contributed by atoms with Gasteiger partial charge < -0.3 is 5.32 Å². The van der Waals surface area contributed by atoms with Gasteiger partial charge in [0.1, 0.15) is 0 Å². The highest BCUT2D eigenvalue weighted by Gasteiger charge is 2.22. The minimum atomic E-state index is -0.365. The van der Waals surface area contributed by atoms with Gasteiger partial charge in [-0.15, -0.1) is 5.10 Å². The van der Waals surface area contributed by atoms with Crippen molar-refractivity contribution in [2.45, 2.75) is 30.7 Å². The highest BCUT2D eigenvalue weighted by atomic mass is 35.5. The Labute approximate surface area is 205 Å². The van der Waals surface area contributed by atoms with Gasteiger partial charge in [0.05, 0.1) is 11.4 Å². The molecule has 168 valence electrons. The number of rotatable bonds is 7. The molecule has 0 aliphatic rings. The maximum atomic E-state index is 13.1. The van der Waals surface area contributed by atoms with Crippen LogP contribution in [0.4, 0.5) is 5.69 Å². The summed E-state index contributed by atoms with van der Waals surface area (Å²) in [5.74, 6) is 0.398. The lowest BCUT2D eigenvalue weighted by atomic mass is 10.0. The molecule has 4 aromatic rings. The summed E-state index contributed by atoms with van der Waals surface area (Å²) in [5, 5.41) is 12.8. The summed E-state index contributed by atoms with van der Waals surface area (Å²) in [7, 11) is 0. The third-order valence-corrected chi connectivity index (χ3v) is 6.11. The Hall–Kier alpha value is -2.94. The molecule has 10 heteroatoms. The number of benzene rings is 2. The number of amides is 1. The van der Waals surface area contributed by atoms with Crippen LogP contribution in [0.2, 0.25) is 10.0 Å². The van der Waals surface area contributed by atoms with Gasteiger partial charge >= 0.3 is 0 Å². The van der Waals surface area contributed by atoms with Crippen molar-refractivity contribution in [1.82, 2.24) is 25.0 Å². The molecule has 0 aliphatic carbocycles. The van der Waals surface area contributed by atoms with Crippen molar-refractivity contribution in [3.8, 4) is 5.69 Å². The summed E-state index contributed by atoms with van der Waals surface area (Å²) in [6, 6.07) is 14.5. The van der Waals surface area contributed by atoms with Gasteiger partial charge in [-0.05, 0) is 47.9 Å². The van der Waals surface area contributed by atoms with Gasteiger partial charge in [0.25, 0.3) is 5.91 Å². The third kappa shape index (κ3) is 5.71. The zero-order valence-corrected chi connectivity index (χ0v) is 20.2. The fraction of sp³-hybridized carbons (Fsp3) is 0.174. The van der Waals surface area contributed by atoms with Crippen LogP contribution in [0.3, 0.4) is 0 Å². The first-order chi connectivity index (χ1) is 15.9. The summed E-state index contributed by atoms with van der Waals surface area (Å²) in [6.07, 6.45) is 3.33. The van der Waals surface area contributed by atoms with E-state index in [1.807, 2.05) is 24.3 Å². The van der Waals surface area contributed by atoms with E-state index in [0.29, 0.717) is 43.9 Å². The predicted molar refractivity (Wildman–Crippen MR) is 131 cm³/mol. The fourth-order valence-corrected chi connectivity index (χ4v) is 4.42. The number of carbonyl (C=O) groups is 1. The van der Waals surface area contributed by atoms with Crippen molar-refractivity contribution in [3.63, 3.8) is 0 Å². The summed E-state index contributed by atoms with van der Waals surface area (Å²) in [4.78, 5) is 21.6. The summed E-state index contributed by atoms with van der Waals surface area (Å²) >= 11 is 13.7. The SMILES string of the molecule is CC(C)c1ccc(NC(=O)c2nnn(-c3cc(Cl)cc(Cl)c3)c2CSc2ncccn2)cc1. The molecule has 7 nitrogen and oxygen atoms in total. The maximum absolute atomic E-state index is 13.1. The van der Waals surface area contributed by atoms with E-state index >= 15 is 0 Å². The van der Waals surface area contributed by atoms with Gasteiger partial charge in [-0.1, -0.05) is 66.2 Å². The predicted octanol–water partition coefficient (Wildman–Crippen LogP) is 6.03. The molecular formula is C23H20Cl2N6OS. The van der Waals surface area contributed by atoms with E-state index in [-0.39, 0.29) is 11.6 Å². The third-order valence-electron chi connectivity index (χ3n) is 4.79. The number of halogens is 2. The van der Waals surface area contributed by atoms with E-state index in [0.717, 1.165) is 0 Å². The van der Waals surface area contributed by atoms with Crippen LogP contribution in [0.5, 0.6) is 0 Å². The molecule has 4 rings (SSSR count). The molecule has 0 spiro atoms. The summed E-state index contributed by atoms with van der Waals surface area (Å²) < 4.78 is 1.56. The van der Waals surface area contributed by atoms with Gasteiger partial charge in [-0.3, -0.25) is 4.79 Å². The van der Waals surface area contributed by atoms with E-state index in [9.17, 15) is 4.79 Å². The molecule has 0 unspecified atom stereocenters. The molecule has 0 saturated carbocycles. The number of hydrogen-bond donors (Lipinski definition) is 1.